The van der Waals surface area contributed by atoms with Gasteiger partial charge in [0.2, 0.25) is 0 Å². The Bertz CT molecular complexity index is 1230. The molecule has 0 saturated carbocycles. The van der Waals surface area contributed by atoms with E-state index in [0.717, 1.165) is 18.3 Å². The van der Waals surface area contributed by atoms with E-state index in [1.807, 2.05) is 20.8 Å². The normalized spacial score (nSPS) is 15.1. The molecule has 3 rings (SSSR count). The molecule has 4 nitrogen and oxygen atoms in total. The number of hydrogen-bond donors (Lipinski definition) is 1. The summed E-state index contributed by atoms with van der Waals surface area (Å²) in [6.07, 6.45) is -5.41. The summed E-state index contributed by atoms with van der Waals surface area (Å²) in [5.41, 5.74) is -2.10. The van der Waals surface area contributed by atoms with Crippen molar-refractivity contribution in [2.75, 3.05) is 0 Å². The zero-order valence-corrected chi connectivity index (χ0v) is 21.6. The fourth-order valence-corrected chi connectivity index (χ4v) is 4.64. The van der Waals surface area contributed by atoms with Crippen molar-refractivity contribution in [2.45, 2.75) is 71.5 Å². The summed E-state index contributed by atoms with van der Waals surface area (Å²) >= 11 is -1.86. The largest absolute Gasteiger partial charge is 0.598 e. The highest BCUT2D eigenvalue weighted by molar-refractivity contribution is 7.90. The Morgan fingerprint density at radius 3 is 2.22 bits per heavy atom. The summed E-state index contributed by atoms with van der Waals surface area (Å²) in [5.74, 6) is -1.01. The molecule has 0 amide bonds. The fraction of sp³-hybridized carbons (Fsp3) is 0.480. The van der Waals surface area contributed by atoms with Crippen LogP contribution < -0.4 is 4.72 Å². The average molecular weight is 534 g/mol. The van der Waals surface area contributed by atoms with E-state index in [9.17, 15) is 26.5 Å². The maximum absolute atomic E-state index is 15.3. The monoisotopic (exact) mass is 533 g/mol. The minimum atomic E-state index is -4.82. The number of alkyl halides is 5. The molecular formula is C25H29F6N3OS. The molecule has 0 aliphatic rings. The molecule has 1 N–H and O–H groups in total. The van der Waals surface area contributed by atoms with Crippen LogP contribution in [0.15, 0.2) is 36.7 Å². The van der Waals surface area contributed by atoms with Gasteiger partial charge < -0.3 is 9.12 Å². The number of halogens is 6. The van der Waals surface area contributed by atoms with E-state index in [-0.39, 0.29) is 27.4 Å². The van der Waals surface area contributed by atoms with Crippen molar-refractivity contribution in [1.29, 1.82) is 0 Å². The van der Waals surface area contributed by atoms with Gasteiger partial charge in [0, 0.05) is 57.9 Å². The van der Waals surface area contributed by atoms with Gasteiger partial charge in [-0.1, -0.05) is 26.8 Å². The van der Waals surface area contributed by atoms with Crippen LogP contribution in [0.1, 0.15) is 58.8 Å². The van der Waals surface area contributed by atoms with Crippen molar-refractivity contribution in [3.05, 3.63) is 53.7 Å². The van der Waals surface area contributed by atoms with Gasteiger partial charge in [-0.2, -0.15) is 13.2 Å². The molecule has 11 heteroatoms. The summed E-state index contributed by atoms with van der Waals surface area (Å²) in [6.45, 7) is 10.9. The van der Waals surface area contributed by atoms with Crippen LogP contribution in [0.5, 0.6) is 0 Å². The van der Waals surface area contributed by atoms with E-state index in [2.05, 4.69) is 9.71 Å². The minimum Gasteiger partial charge on any atom is -0.598 e. The number of hydrogen-bond acceptors (Lipinski definition) is 3. The number of nitrogens with zero attached hydrogens (tertiary/aromatic N) is 2. The van der Waals surface area contributed by atoms with Crippen LogP contribution in [0.3, 0.4) is 0 Å². The third kappa shape index (κ3) is 6.18. The predicted octanol–water partition coefficient (Wildman–Crippen LogP) is 7.27. The molecule has 2 aromatic heterocycles. The standard InChI is InChI=1S/C25H29F6N3OS/c1-23(2,3)13-34-12-17(20(22(27)28)33-36(35)24(4,5)6)16-10-18(26)15(11-19(16)34)14-8-7-9-32-21(14)25(29,30)31/h7-12,20,22,33H,13H2,1-6H3/t20-,36-/m0/s1. The van der Waals surface area contributed by atoms with Crippen LogP contribution in [-0.4, -0.2) is 25.3 Å². The molecule has 0 saturated heterocycles. The second kappa shape index (κ2) is 9.90. The molecular weight excluding hydrogens is 504 g/mol. The molecule has 36 heavy (non-hydrogen) atoms. The molecule has 0 spiro atoms. The summed E-state index contributed by atoms with van der Waals surface area (Å²) in [7, 11) is 0. The van der Waals surface area contributed by atoms with Crippen LogP contribution >= 0.6 is 0 Å². The number of aromatic nitrogens is 2. The summed E-state index contributed by atoms with van der Waals surface area (Å²) in [4.78, 5) is 3.40. The van der Waals surface area contributed by atoms with E-state index in [1.54, 1.807) is 25.3 Å². The van der Waals surface area contributed by atoms with E-state index in [1.165, 1.54) is 18.3 Å². The maximum Gasteiger partial charge on any atom is 0.433 e. The van der Waals surface area contributed by atoms with E-state index in [0.29, 0.717) is 6.54 Å². The molecule has 0 unspecified atom stereocenters. The van der Waals surface area contributed by atoms with Gasteiger partial charge in [-0.15, -0.1) is 4.72 Å². The van der Waals surface area contributed by atoms with Gasteiger partial charge in [0.25, 0.3) is 6.43 Å². The first kappa shape index (κ1) is 28.3. The fourth-order valence-electron chi connectivity index (χ4n) is 3.83. The maximum atomic E-state index is 15.3. The molecule has 0 fully saturated rings. The highest BCUT2D eigenvalue weighted by Crippen LogP contribution is 2.40. The topological polar surface area (TPSA) is 52.9 Å². The van der Waals surface area contributed by atoms with Crippen molar-refractivity contribution in [1.82, 2.24) is 14.3 Å². The van der Waals surface area contributed by atoms with Crippen molar-refractivity contribution < 1.29 is 30.9 Å². The Labute approximate surface area is 209 Å². The summed E-state index contributed by atoms with van der Waals surface area (Å²) in [6, 6.07) is 2.89. The van der Waals surface area contributed by atoms with Crippen LogP contribution in [0, 0.1) is 11.2 Å². The number of pyridine rings is 1. The van der Waals surface area contributed by atoms with Gasteiger partial charge in [-0.3, -0.25) is 4.98 Å². The van der Waals surface area contributed by atoms with Gasteiger partial charge in [-0.05, 0) is 44.4 Å². The summed E-state index contributed by atoms with van der Waals surface area (Å²) < 4.78 is 100. The molecule has 1 aromatic carbocycles. The Balaban J connectivity index is 2.28. The zero-order chi connectivity index (χ0) is 27.2. The number of fused-ring (bicyclic) bond motifs is 1. The van der Waals surface area contributed by atoms with Crippen molar-refractivity contribution >= 4 is 22.3 Å². The van der Waals surface area contributed by atoms with E-state index >= 15 is 4.39 Å². The quantitative estimate of drug-likeness (QED) is 0.268. The van der Waals surface area contributed by atoms with Crippen molar-refractivity contribution in [2.24, 2.45) is 5.41 Å². The third-order valence-electron chi connectivity index (χ3n) is 5.39. The second-order valence-corrected chi connectivity index (χ2v) is 12.8. The van der Waals surface area contributed by atoms with E-state index < -0.39 is 51.8 Å². The third-order valence-corrected chi connectivity index (χ3v) is 6.97. The van der Waals surface area contributed by atoms with Crippen LogP contribution in [0.4, 0.5) is 26.3 Å². The van der Waals surface area contributed by atoms with Crippen LogP contribution in [-0.2, 0) is 24.1 Å². The smallest absolute Gasteiger partial charge is 0.433 e. The molecule has 0 radical (unpaired) electrons. The highest BCUT2D eigenvalue weighted by atomic mass is 32.2. The average Bonchev–Trinajstić information content (AvgIpc) is 3.04. The predicted molar refractivity (Wildman–Crippen MR) is 129 cm³/mol. The lowest BCUT2D eigenvalue weighted by molar-refractivity contribution is -0.140. The van der Waals surface area contributed by atoms with E-state index in [4.69, 9.17) is 0 Å². The molecule has 2 heterocycles. The lowest BCUT2D eigenvalue weighted by atomic mass is 9.96. The first-order chi connectivity index (χ1) is 16.4. The lowest BCUT2D eigenvalue weighted by Gasteiger charge is -2.27. The lowest BCUT2D eigenvalue weighted by Crippen LogP contribution is -2.43. The molecule has 3 aromatic rings. The first-order valence-electron chi connectivity index (χ1n) is 11.2. The summed E-state index contributed by atoms with van der Waals surface area (Å²) in [5, 5.41) is 0.0988. The second-order valence-electron chi connectivity index (χ2n) is 10.8. The Morgan fingerprint density at radius 1 is 1.06 bits per heavy atom. The van der Waals surface area contributed by atoms with Gasteiger partial charge in [0.15, 0.2) is 5.69 Å². The molecule has 2 atom stereocenters. The van der Waals surface area contributed by atoms with Crippen LogP contribution in [0.25, 0.3) is 22.0 Å². The van der Waals surface area contributed by atoms with Gasteiger partial charge in [-0.25, -0.2) is 13.2 Å². The van der Waals surface area contributed by atoms with Gasteiger partial charge in [0.1, 0.15) is 16.6 Å². The van der Waals surface area contributed by atoms with Crippen LogP contribution in [0.2, 0.25) is 0 Å². The SMILES string of the molecule is CC(C)(C)Cn1cc([C@H](N[S@@+]([O-])C(C)(C)C)C(F)F)c2cc(F)c(-c3cccnc3C(F)(F)F)cc21. The molecule has 0 aliphatic carbocycles. The minimum absolute atomic E-state index is 0.00883. The Morgan fingerprint density at radius 2 is 1.69 bits per heavy atom. The van der Waals surface area contributed by atoms with Gasteiger partial charge >= 0.3 is 6.18 Å². The Kier molecular flexibility index (Phi) is 7.80. The number of benzene rings is 1. The Hall–Kier alpha value is -2.24. The zero-order valence-electron chi connectivity index (χ0n) is 20.8. The first-order valence-corrected chi connectivity index (χ1v) is 12.4. The van der Waals surface area contributed by atoms with Crippen molar-refractivity contribution in [3.63, 3.8) is 0 Å². The molecule has 0 bridgehead atoms. The van der Waals surface area contributed by atoms with Crippen molar-refractivity contribution in [3.8, 4) is 11.1 Å². The van der Waals surface area contributed by atoms with Gasteiger partial charge in [0.05, 0.1) is 0 Å². The highest BCUT2D eigenvalue weighted by Gasteiger charge is 2.38. The number of rotatable bonds is 6. The number of nitrogens with one attached hydrogen (secondary N) is 1. The molecule has 198 valence electrons. The molecule has 0 aliphatic heterocycles.